The monoisotopic (exact) mass is 394 g/mol. The van der Waals surface area contributed by atoms with Crippen molar-refractivity contribution in [3.05, 3.63) is 12.7 Å². The molecule has 2 aliphatic carbocycles. The smallest absolute Gasteiger partial charge is 0.302 e. The molecule has 28 heavy (non-hydrogen) atoms. The molecule has 0 spiro atoms. The van der Waals surface area contributed by atoms with Crippen molar-refractivity contribution in [2.24, 2.45) is 16.7 Å². The topological polar surface area (TPSA) is 93.1 Å². The maximum absolute atomic E-state index is 13.5. The van der Waals surface area contributed by atoms with Crippen LogP contribution in [0.4, 0.5) is 0 Å². The number of rotatable bonds is 2. The van der Waals surface area contributed by atoms with Gasteiger partial charge in [0.25, 0.3) is 0 Å². The molecule has 1 saturated heterocycles. The molecule has 0 aromatic carbocycles. The molecule has 3 fully saturated rings. The lowest BCUT2D eigenvalue weighted by molar-refractivity contribution is -0.342. The number of esters is 1. The van der Waals surface area contributed by atoms with Crippen LogP contribution in [0.25, 0.3) is 0 Å². The SMILES string of the molecule is C=CC1(C)CC(=O)C2(O)C(C)(CC(O)C3C(C)(C)CCC(OC(C)=O)C32C)O1. The third kappa shape index (κ3) is 2.57. The van der Waals surface area contributed by atoms with Crippen LogP contribution in [0.3, 0.4) is 0 Å². The Morgan fingerprint density at radius 2 is 1.89 bits per heavy atom. The van der Waals surface area contributed by atoms with E-state index in [2.05, 4.69) is 6.58 Å². The largest absolute Gasteiger partial charge is 0.462 e. The zero-order valence-corrected chi connectivity index (χ0v) is 17.9. The van der Waals surface area contributed by atoms with Crippen LogP contribution in [0.2, 0.25) is 0 Å². The Morgan fingerprint density at radius 1 is 1.29 bits per heavy atom. The highest BCUT2D eigenvalue weighted by atomic mass is 16.6. The van der Waals surface area contributed by atoms with E-state index in [1.54, 1.807) is 26.8 Å². The molecule has 0 aromatic rings. The molecule has 0 aromatic heterocycles. The molecular formula is C22H34O6. The number of aliphatic hydroxyl groups is 2. The molecule has 6 heteroatoms. The van der Waals surface area contributed by atoms with Crippen LogP contribution in [-0.2, 0) is 19.1 Å². The second-order valence-corrected chi connectivity index (χ2v) is 10.3. The summed E-state index contributed by atoms with van der Waals surface area (Å²) in [5.41, 5.74) is -5.69. The van der Waals surface area contributed by atoms with E-state index in [0.29, 0.717) is 12.8 Å². The molecule has 7 unspecified atom stereocenters. The minimum absolute atomic E-state index is 0.0196. The molecule has 158 valence electrons. The number of carbonyl (C=O) groups excluding carboxylic acids is 2. The van der Waals surface area contributed by atoms with E-state index >= 15 is 0 Å². The van der Waals surface area contributed by atoms with E-state index in [0.717, 1.165) is 0 Å². The van der Waals surface area contributed by atoms with Gasteiger partial charge in [-0.05, 0) is 32.1 Å². The second-order valence-electron chi connectivity index (χ2n) is 10.3. The first-order valence-corrected chi connectivity index (χ1v) is 10.1. The number of fused-ring (bicyclic) bond motifs is 3. The molecule has 0 radical (unpaired) electrons. The molecule has 3 aliphatic rings. The fourth-order valence-corrected chi connectivity index (χ4v) is 6.79. The summed E-state index contributed by atoms with van der Waals surface area (Å²) in [7, 11) is 0. The molecule has 0 bridgehead atoms. The van der Waals surface area contributed by atoms with Gasteiger partial charge >= 0.3 is 5.97 Å². The van der Waals surface area contributed by atoms with Gasteiger partial charge < -0.3 is 19.7 Å². The number of carbonyl (C=O) groups is 2. The Labute approximate surface area is 167 Å². The van der Waals surface area contributed by atoms with Crippen molar-refractivity contribution in [2.75, 3.05) is 0 Å². The fourth-order valence-electron chi connectivity index (χ4n) is 6.79. The van der Waals surface area contributed by atoms with Crippen molar-refractivity contribution in [2.45, 2.75) is 96.2 Å². The third-order valence-electron chi connectivity index (χ3n) is 7.85. The van der Waals surface area contributed by atoms with Gasteiger partial charge in [-0.25, -0.2) is 0 Å². The Hall–Kier alpha value is -1.24. The fraction of sp³-hybridized carbons (Fsp3) is 0.818. The van der Waals surface area contributed by atoms with E-state index in [1.165, 1.54) is 6.92 Å². The minimum Gasteiger partial charge on any atom is -0.462 e. The molecule has 0 amide bonds. The van der Waals surface area contributed by atoms with Gasteiger partial charge in [0.05, 0.1) is 11.7 Å². The quantitative estimate of drug-likeness (QED) is 0.552. The summed E-state index contributed by atoms with van der Waals surface area (Å²) in [6.45, 7) is 14.4. The van der Waals surface area contributed by atoms with Crippen LogP contribution < -0.4 is 0 Å². The van der Waals surface area contributed by atoms with Crippen LogP contribution in [0, 0.1) is 16.7 Å². The summed E-state index contributed by atoms with van der Waals surface area (Å²) >= 11 is 0. The lowest BCUT2D eigenvalue weighted by Crippen LogP contribution is -2.82. The average molecular weight is 395 g/mol. The summed E-state index contributed by atoms with van der Waals surface area (Å²) in [5, 5.41) is 23.4. The molecular weight excluding hydrogens is 360 g/mol. The predicted octanol–water partition coefficient (Wildman–Crippen LogP) is 2.55. The van der Waals surface area contributed by atoms with Crippen LogP contribution in [-0.4, -0.2) is 51.0 Å². The summed E-state index contributed by atoms with van der Waals surface area (Å²) in [6, 6.07) is 0. The Kier molecular flexibility index (Phi) is 4.70. The zero-order chi connectivity index (χ0) is 21.3. The van der Waals surface area contributed by atoms with Gasteiger partial charge in [-0.2, -0.15) is 0 Å². The molecule has 7 atom stereocenters. The van der Waals surface area contributed by atoms with Crippen LogP contribution >= 0.6 is 0 Å². The Balaban J connectivity index is 2.24. The van der Waals surface area contributed by atoms with Gasteiger partial charge in [0.1, 0.15) is 11.7 Å². The molecule has 1 heterocycles. The first-order valence-electron chi connectivity index (χ1n) is 10.1. The van der Waals surface area contributed by atoms with Crippen molar-refractivity contribution < 1.29 is 29.3 Å². The highest BCUT2D eigenvalue weighted by Gasteiger charge is 2.78. The van der Waals surface area contributed by atoms with Crippen molar-refractivity contribution in [3.63, 3.8) is 0 Å². The normalized spacial score (nSPS) is 50.3. The van der Waals surface area contributed by atoms with E-state index in [9.17, 15) is 19.8 Å². The van der Waals surface area contributed by atoms with Crippen LogP contribution in [0.1, 0.15) is 67.2 Å². The number of ketones is 1. The minimum atomic E-state index is -1.90. The standard InChI is InChI=1S/C22H34O6/c1-8-19(5)12-15(25)22(26)20(6,28-19)11-14(24)17-18(3,4)10-9-16(21(17,22)7)27-13(2)23/h8,14,16-17,24,26H,1,9-12H2,2-7H3. The second kappa shape index (κ2) is 6.13. The zero-order valence-electron chi connectivity index (χ0n) is 17.9. The first kappa shape index (κ1) is 21.5. The van der Waals surface area contributed by atoms with E-state index < -0.39 is 46.3 Å². The van der Waals surface area contributed by atoms with Gasteiger partial charge in [-0.15, -0.1) is 6.58 Å². The maximum atomic E-state index is 13.5. The summed E-state index contributed by atoms with van der Waals surface area (Å²) in [4.78, 5) is 25.4. The summed E-state index contributed by atoms with van der Waals surface area (Å²) in [6.07, 6.45) is 1.39. The molecule has 3 rings (SSSR count). The maximum Gasteiger partial charge on any atom is 0.302 e. The van der Waals surface area contributed by atoms with Gasteiger partial charge in [0.15, 0.2) is 11.4 Å². The van der Waals surface area contributed by atoms with Crippen molar-refractivity contribution >= 4 is 11.8 Å². The summed E-state index contributed by atoms with van der Waals surface area (Å²) < 4.78 is 12.0. The highest BCUT2D eigenvalue weighted by molar-refractivity contribution is 5.92. The highest BCUT2D eigenvalue weighted by Crippen LogP contribution is 2.67. The average Bonchev–Trinajstić information content (AvgIpc) is 2.53. The van der Waals surface area contributed by atoms with Crippen molar-refractivity contribution in [3.8, 4) is 0 Å². The molecule has 1 aliphatic heterocycles. The molecule has 2 N–H and O–H groups in total. The van der Waals surface area contributed by atoms with Crippen LogP contribution in [0.15, 0.2) is 12.7 Å². The van der Waals surface area contributed by atoms with E-state index in [4.69, 9.17) is 9.47 Å². The van der Waals surface area contributed by atoms with Crippen molar-refractivity contribution in [1.82, 2.24) is 0 Å². The molecule has 6 nitrogen and oxygen atoms in total. The number of ether oxygens (including phenoxy) is 2. The Morgan fingerprint density at radius 3 is 2.43 bits per heavy atom. The van der Waals surface area contributed by atoms with Gasteiger partial charge in [0.2, 0.25) is 0 Å². The number of hydrogen-bond acceptors (Lipinski definition) is 6. The molecule has 2 saturated carbocycles. The lowest BCUT2D eigenvalue weighted by Gasteiger charge is -2.70. The predicted molar refractivity (Wildman–Crippen MR) is 103 cm³/mol. The number of Topliss-reactive ketones (excluding diaryl/α,β-unsaturated/α-hetero) is 1. The lowest BCUT2D eigenvalue weighted by atomic mass is 9.40. The van der Waals surface area contributed by atoms with E-state index in [1.807, 2.05) is 13.8 Å². The third-order valence-corrected chi connectivity index (χ3v) is 7.85. The Bertz CT molecular complexity index is 716. The van der Waals surface area contributed by atoms with Gasteiger partial charge in [-0.3, -0.25) is 9.59 Å². The summed E-state index contributed by atoms with van der Waals surface area (Å²) in [5.74, 6) is -1.25. The van der Waals surface area contributed by atoms with Gasteiger partial charge in [-0.1, -0.05) is 26.8 Å². The number of hydrogen-bond donors (Lipinski definition) is 2. The first-order chi connectivity index (χ1) is 12.7. The van der Waals surface area contributed by atoms with Crippen molar-refractivity contribution in [1.29, 1.82) is 0 Å². The van der Waals surface area contributed by atoms with E-state index in [-0.39, 0.29) is 24.0 Å². The van der Waals surface area contributed by atoms with Gasteiger partial charge in [0, 0.05) is 31.1 Å². The van der Waals surface area contributed by atoms with Crippen LogP contribution in [0.5, 0.6) is 0 Å². The number of aliphatic hydroxyl groups excluding tert-OH is 1.